The molecule has 102 valence electrons. The van der Waals surface area contributed by atoms with Crippen molar-refractivity contribution in [2.75, 3.05) is 0 Å². The summed E-state index contributed by atoms with van der Waals surface area (Å²) in [4.78, 5) is 11.9. The summed E-state index contributed by atoms with van der Waals surface area (Å²) in [5.41, 5.74) is 7.48. The van der Waals surface area contributed by atoms with Crippen molar-refractivity contribution in [1.29, 1.82) is 0 Å². The van der Waals surface area contributed by atoms with E-state index < -0.39 is 5.76 Å². The van der Waals surface area contributed by atoms with Crippen LogP contribution >= 0.6 is 0 Å². The van der Waals surface area contributed by atoms with Gasteiger partial charge in [0.2, 0.25) is 0 Å². The maximum atomic E-state index is 14.2. The Morgan fingerprint density at radius 3 is 2.65 bits per heavy atom. The molecule has 0 fully saturated rings. The number of nitrogens with zero attached hydrogens (tertiary/aromatic N) is 1. The summed E-state index contributed by atoms with van der Waals surface area (Å²) < 4.78 is 20.7. The van der Waals surface area contributed by atoms with Gasteiger partial charge in [0, 0.05) is 17.7 Å². The Morgan fingerprint density at radius 1 is 1.10 bits per heavy atom. The average Bonchev–Trinajstić information content (AvgIpc) is 2.77. The summed E-state index contributed by atoms with van der Waals surface area (Å²) in [7, 11) is 0. The number of aromatic nitrogens is 1. The van der Waals surface area contributed by atoms with Crippen LogP contribution in [0.5, 0.6) is 0 Å². The van der Waals surface area contributed by atoms with Crippen molar-refractivity contribution in [3.63, 3.8) is 0 Å². The van der Waals surface area contributed by atoms with Crippen molar-refractivity contribution in [3.05, 3.63) is 70.0 Å². The number of nitrogens with two attached hydrogens (primary N) is 1. The molecule has 20 heavy (non-hydrogen) atoms. The first kappa shape index (κ1) is 12.6. The van der Waals surface area contributed by atoms with Gasteiger partial charge in [-0.2, -0.15) is 0 Å². The minimum Gasteiger partial charge on any atom is -0.408 e. The number of fused-ring (bicyclic) bond motifs is 1. The SMILES string of the molecule is NCc1cccc(Cn2c(=O)oc3ccccc32)c1F. The molecule has 2 N–H and O–H groups in total. The van der Waals surface area contributed by atoms with Crippen molar-refractivity contribution in [1.82, 2.24) is 4.57 Å². The van der Waals surface area contributed by atoms with Crippen LogP contribution in [0.15, 0.2) is 51.7 Å². The molecule has 0 spiro atoms. The second-order valence-electron chi connectivity index (χ2n) is 4.52. The Labute approximate surface area is 114 Å². The standard InChI is InChI=1S/C15H13FN2O2/c16-14-10(8-17)4-3-5-11(14)9-18-12-6-1-2-7-13(12)20-15(18)19/h1-7H,8-9,17H2. The normalized spacial score (nSPS) is 11.1. The van der Waals surface area contributed by atoms with E-state index in [-0.39, 0.29) is 18.9 Å². The maximum absolute atomic E-state index is 14.2. The van der Waals surface area contributed by atoms with Gasteiger partial charge >= 0.3 is 5.76 Å². The van der Waals surface area contributed by atoms with E-state index in [0.717, 1.165) is 0 Å². The topological polar surface area (TPSA) is 61.2 Å². The molecule has 0 aliphatic rings. The average molecular weight is 272 g/mol. The fraction of sp³-hybridized carbons (Fsp3) is 0.133. The van der Waals surface area contributed by atoms with Crippen LogP contribution in [0.2, 0.25) is 0 Å². The smallest absolute Gasteiger partial charge is 0.408 e. The molecular formula is C15H13FN2O2. The van der Waals surface area contributed by atoms with Crippen LogP contribution in [-0.4, -0.2) is 4.57 Å². The summed E-state index contributed by atoms with van der Waals surface area (Å²) in [5.74, 6) is -0.865. The van der Waals surface area contributed by atoms with Gasteiger partial charge in [-0.05, 0) is 12.1 Å². The lowest BCUT2D eigenvalue weighted by molar-refractivity contribution is 0.511. The molecule has 1 aromatic heterocycles. The van der Waals surface area contributed by atoms with Crippen LogP contribution in [0, 0.1) is 5.82 Å². The van der Waals surface area contributed by atoms with Crippen molar-refractivity contribution in [2.45, 2.75) is 13.1 Å². The number of rotatable bonds is 3. The van der Waals surface area contributed by atoms with Crippen LogP contribution in [-0.2, 0) is 13.1 Å². The highest BCUT2D eigenvalue weighted by Gasteiger charge is 2.12. The van der Waals surface area contributed by atoms with E-state index in [0.29, 0.717) is 22.2 Å². The summed E-state index contributed by atoms with van der Waals surface area (Å²) in [5, 5.41) is 0. The van der Waals surface area contributed by atoms with Crippen LogP contribution in [0.4, 0.5) is 4.39 Å². The molecule has 5 heteroatoms. The van der Waals surface area contributed by atoms with E-state index >= 15 is 0 Å². The van der Waals surface area contributed by atoms with Gasteiger partial charge in [0.05, 0.1) is 12.1 Å². The molecule has 0 atom stereocenters. The van der Waals surface area contributed by atoms with E-state index in [2.05, 4.69) is 0 Å². The molecule has 0 amide bonds. The lowest BCUT2D eigenvalue weighted by Crippen LogP contribution is -2.16. The molecule has 0 saturated heterocycles. The molecule has 3 rings (SSSR count). The van der Waals surface area contributed by atoms with Crippen molar-refractivity contribution < 1.29 is 8.81 Å². The number of hydrogen-bond acceptors (Lipinski definition) is 3. The predicted octanol–water partition coefficient (Wildman–Crippen LogP) is 2.24. The molecule has 2 aromatic carbocycles. The third kappa shape index (κ3) is 2.02. The van der Waals surface area contributed by atoms with Crippen molar-refractivity contribution >= 4 is 11.1 Å². The highest BCUT2D eigenvalue weighted by Crippen LogP contribution is 2.17. The highest BCUT2D eigenvalue weighted by molar-refractivity contribution is 5.72. The third-order valence-corrected chi connectivity index (χ3v) is 3.28. The first-order chi connectivity index (χ1) is 9.70. The lowest BCUT2D eigenvalue weighted by Gasteiger charge is -2.07. The van der Waals surface area contributed by atoms with E-state index in [9.17, 15) is 9.18 Å². The van der Waals surface area contributed by atoms with Gasteiger partial charge in [-0.3, -0.25) is 4.57 Å². The van der Waals surface area contributed by atoms with E-state index in [1.807, 2.05) is 0 Å². The molecule has 3 aromatic rings. The zero-order chi connectivity index (χ0) is 14.1. The fourth-order valence-corrected chi connectivity index (χ4v) is 2.25. The molecule has 0 unspecified atom stereocenters. The predicted molar refractivity (Wildman–Crippen MR) is 73.9 cm³/mol. The summed E-state index contributed by atoms with van der Waals surface area (Å²) in [6.45, 7) is 0.246. The van der Waals surface area contributed by atoms with E-state index in [1.54, 1.807) is 42.5 Å². The Kier molecular flexibility index (Phi) is 3.12. The molecule has 1 heterocycles. The Hall–Kier alpha value is -2.40. The molecule has 0 radical (unpaired) electrons. The Morgan fingerprint density at radius 2 is 1.85 bits per heavy atom. The van der Waals surface area contributed by atoms with Gasteiger partial charge in [0.1, 0.15) is 5.82 Å². The zero-order valence-electron chi connectivity index (χ0n) is 10.7. The lowest BCUT2D eigenvalue weighted by atomic mass is 10.1. The molecule has 0 aliphatic heterocycles. The third-order valence-electron chi connectivity index (χ3n) is 3.28. The van der Waals surface area contributed by atoms with Gasteiger partial charge in [0.25, 0.3) is 0 Å². The van der Waals surface area contributed by atoms with Gasteiger partial charge in [-0.15, -0.1) is 0 Å². The fourth-order valence-electron chi connectivity index (χ4n) is 2.25. The zero-order valence-corrected chi connectivity index (χ0v) is 10.7. The Bertz CT molecular complexity index is 820. The minimum atomic E-state index is -0.497. The van der Waals surface area contributed by atoms with Crippen LogP contribution < -0.4 is 11.5 Å². The molecule has 0 bridgehead atoms. The van der Waals surface area contributed by atoms with E-state index in [4.69, 9.17) is 10.2 Å². The van der Waals surface area contributed by atoms with Gasteiger partial charge < -0.3 is 10.2 Å². The van der Waals surface area contributed by atoms with Crippen molar-refractivity contribution in [3.8, 4) is 0 Å². The first-order valence-electron chi connectivity index (χ1n) is 6.25. The Balaban J connectivity index is 2.10. The quantitative estimate of drug-likeness (QED) is 0.795. The van der Waals surface area contributed by atoms with Crippen LogP contribution in [0.3, 0.4) is 0 Å². The van der Waals surface area contributed by atoms with Crippen LogP contribution in [0.25, 0.3) is 11.1 Å². The highest BCUT2D eigenvalue weighted by atomic mass is 19.1. The second-order valence-corrected chi connectivity index (χ2v) is 4.52. The largest absolute Gasteiger partial charge is 0.420 e. The number of benzene rings is 2. The van der Waals surface area contributed by atoms with Crippen LogP contribution in [0.1, 0.15) is 11.1 Å². The van der Waals surface area contributed by atoms with Gasteiger partial charge in [0.15, 0.2) is 5.58 Å². The number of halogens is 1. The molecule has 0 saturated carbocycles. The van der Waals surface area contributed by atoms with Gasteiger partial charge in [-0.25, -0.2) is 9.18 Å². The number of oxazole rings is 1. The minimum absolute atomic E-state index is 0.121. The number of hydrogen-bond donors (Lipinski definition) is 1. The summed E-state index contributed by atoms with van der Waals surface area (Å²) >= 11 is 0. The molecular weight excluding hydrogens is 259 g/mol. The number of para-hydroxylation sites is 2. The monoisotopic (exact) mass is 272 g/mol. The molecule has 0 aliphatic carbocycles. The molecule has 4 nitrogen and oxygen atoms in total. The first-order valence-corrected chi connectivity index (χ1v) is 6.25. The maximum Gasteiger partial charge on any atom is 0.420 e. The van der Waals surface area contributed by atoms with Gasteiger partial charge in [-0.1, -0.05) is 30.3 Å². The second kappa shape index (κ2) is 4.94. The summed E-state index contributed by atoms with van der Waals surface area (Å²) in [6, 6.07) is 12.1. The van der Waals surface area contributed by atoms with E-state index in [1.165, 1.54) is 4.57 Å². The van der Waals surface area contributed by atoms with Crippen molar-refractivity contribution in [2.24, 2.45) is 5.73 Å². The summed E-state index contributed by atoms with van der Waals surface area (Å²) in [6.07, 6.45) is 0.